The van der Waals surface area contributed by atoms with E-state index < -0.39 is 0 Å². The molecule has 1 aliphatic rings. The van der Waals surface area contributed by atoms with Crippen molar-refractivity contribution in [1.82, 2.24) is 4.68 Å². The molecule has 0 saturated heterocycles. The quantitative estimate of drug-likeness (QED) is 0.361. The van der Waals surface area contributed by atoms with Gasteiger partial charge in [-0.1, -0.05) is 12.1 Å². The lowest BCUT2D eigenvalue weighted by molar-refractivity contribution is -0.749. The van der Waals surface area contributed by atoms with Crippen molar-refractivity contribution in [3.05, 3.63) is 63.6 Å². The zero-order valence-electron chi connectivity index (χ0n) is 13.3. The van der Waals surface area contributed by atoms with E-state index in [0.717, 1.165) is 17.4 Å². The molecule has 2 aromatic carbocycles. The van der Waals surface area contributed by atoms with Gasteiger partial charge in [0.25, 0.3) is 0 Å². The van der Waals surface area contributed by atoms with Crippen LogP contribution in [-0.2, 0) is 6.54 Å². The van der Waals surface area contributed by atoms with Gasteiger partial charge in [0.1, 0.15) is 11.2 Å². The van der Waals surface area contributed by atoms with Gasteiger partial charge in [0.05, 0.1) is 29.2 Å². The van der Waals surface area contributed by atoms with E-state index in [0.29, 0.717) is 11.3 Å². The summed E-state index contributed by atoms with van der Waals surface area (Å²) in [6.45, 7) is 14.5. The number of hydrogen-bond donors (Lipinski definition) is 0. The minimum atomic E-state index is 0.418. The first kappa shape index (κ1) is 13.5. The normalized spacial score (nSPS) is 11.9. The van der Waals surface area contributed by atoms with Crippen LogP contribution in [-0.4, -0.2) is 4.68 Å². The van der Waals surface area contributed by atoms with Gasteiger partial charge in [-0.15, -0.1) is 9.36 Å². The van der Waals surface area contributed by atoms with Crippen molar-refractivity contribution in [2.45, 2.75) is 27.3 Å². The van der Waals surface area contributed by atoms with Crippen molar-refractivity contribution >= 4 is 16.6 Å². The maximum Gasteiger partial charge on any atom is 0.205 e. The molecule has 0 N–H and O–H groups in total. The lowest BCUT2D eigenvalue weighted by atomic mass is 9.97. The number of rotatable bonds is 0. The van der Waals surface area contributed by atoms with Crippen LogP contribution >= 0.6 is 0 Å². The summed E-state index contributed by atoms with van der Waals surface area (Å²) in [7, 11) is 0. The molecule has 4 heteroatoms. The highest BCUT2D eigenvalue weighted by molar-refractivity contribution is 5.91. The molecule has 1 aromatic heterocycles. The average molecular weight is 299 g/mol. The summed E-state index contributed by atoms with van der Waals surface area (Å²) in [5.41, 5.74) is 8.30. The van der Waals surface area contributed by atoms with E-state index in [-0.39, 0.29) is 0 Å². The van der Waals surface area contributed by atoms with Crippen LogP contribution in [0.15, 0.2) is 24.4 Å². The molecule has 23 heavy (non-hydrogen) atoms. The van der Waals surface area contributed by atoms with E-state index in [1.165, 1.54) is 27.9 Å². The second kappa shape index (κ2) is 4.44. The van der Waals surface area contributed by atoms with E-state index in [4.69, 9.17) is 6.57 Å². The zero-order valence-corrected chi connectivity index (χ0v) is 13.3. The van der Waals surface area contributed by atoms with E-state index in [2.05, 4.69) is 47.1 Å². The summed E-state index contributed by atoms with van der Waals surface area (Å²) in [6, 6.07) is 8.11. The molecule has 0 bridgehead atoms. The summed E-state index contributed by atoms with van der Waals surface area (Å²) in [6.07, 6.45) is 2.00. The van der Waals surface area contributed by atoms with Gasteiger partial charge >= 0.3 is 0 Å². The largest absolute Gasteiger partial charge is 0.237 e. The Hall–Kier alpha value is -3.11. The Labute approximate surface area is 134 Å². The fourth-order valence-electron chi connectivity index (χ4n) is 3.64. The molecule has 0 aliphatic carbocycles. The van der Waals surface area contributed by atoms with E-state index in [1.807, 2.05) is 12.3 Å². The highest BCUT2D eigenvalue weighted by Gasteiger charge is 2.32. The fraction of sp³-hybridized carbons (Fsp3) is 0.211. The average Bonchev–Trinajstić information content (AvgIpc) is 3.07. The first-order valence-electron chi connectivity index (χ1n) is 7.52. The molecule has 0 atom stereocenters. The molecule has 4 nitrogen and oxygen atoms in total. The molecular weight excluding hydrogens is 284 g/mol. The Kier molecular flexibility index (Phi) is 2.62. The standard InChI is InChI=1S/C19H15N4/c1-11-7-12(2)19-15(13(11)3)9-22-10-16-14(8-20)17(21-4)5-6-18(16)23(19)22/h5-7,10H,9H2,1-3H3/q+1. The van der Waals surface area contributed by atoms with E-state index in [9.17, 15) is 5.26 Å². The fourth-order valence-corrected chi connectivity index (χ4v) is 3.64. The predicted molar refractivity (Wildman–Crippen MR) is 87.8 cm³/mol. The van der Waals surface area contributed by atoms with Crippen molar-refractivity contribution in [3.63, 3.8) is 0 Å². The van der Waals surface area contributed by atoms with Crippen molar-refractivity contribution in [3.8, 4) is 11.8 Å². The SMILES string of the molecule is [C-]#[N+]c1ccc2c(c[n+]3n2-c2c(C)cc(C)c(C)c2C3)c1C#N. The number of hydrogen-bond acceptors (Lipinski definition) is 1. The number of nitriles is 1. The molecule has 0 radical (unpaired) electrons. The predicted octanol–water partition coefficient (Wildman–Crippen LogP) is 3.63. The molecule has 110 valence electrons. The summed E-state index contributed by atoms with van der Waals surface area (Å²) in [5.74, 6) is 0. The maximum absolute atomic E-state index is 9.46. The lowest BCUT2D eigenvalue weighted by Crippen LogP contribution is -2.36. The van der Waals surface area contributed by atoms with Gasteiger partial charge < -0.3 is 0 Å². The Bertz CT molecular complexity index is 1090. The van der Waals surface area contributed by atoms with Gasteiger partial charge in [-0.25, -0.2) is 4.85 Å². The minimum Gasteiger partial charge on any atom is -0.237 e. The topological polar surface area (TPSA) is 37.0 Å². The molecule has 0 fully saturated rings. The summed E-state index contributed by atoms with van der Waals surface area (Å²) < 4.78 is 4.32. The zero-order chi connectivity index (χ0) is 16.3. The van der Waals surface area contributed by atoms with E-state index in [1.54, 1.807) is 6.07 Å². The van der Waals surface area contributed by atoms with Crippen molar-refractivity contribution in [1.29, 1.82) is 5.26 Å². The molecule has 0 saturated carbocycles. The number of benzene rings is 2. The van der Waals surface area contributed by atoms with Crippen LogP contribution in [0.1, 0.15) is 27.8 Å². The molecular formula is C19H15N4+. The third kappa shape index (κ3) is 1.61. The van der Waals surface area contributed by atoms with Crippen LogP contribution < -0.4 is 4.68 Å². The molecule has 0 spiro atoms. The highest BCUT2D eigenvalue weighted by Crippen LogP contribution is 2.34. The number of fused-ring (bicyclic) bond motifs is 5. The molecule has 4 rings (SSSR count). The Morgan fingerprint density at radius 3 is 2.74 bits per heavy atom. The molecule has 0 unspecified atom stereocenters. The van der Waals surface area contributed by atoms with Gasteiger partial charge in [-0.2, -0.15) is 5.26 Å². The van der Waals surface area contributed by atoms with Crippen LogP contribution in [0.4, 0.5) is 5.69 Å². The van der Waals surface area contributed by atoms with Crippen molar-refractivity contribution in [2.24, 2.45) is 0 Å². The third-order valence-corrected chi connectivity index (χ3v) is 4.86. The van der Waals surface area contributed by atoms with Crippen LogP contribution in [0, 0.1) is 38.7 Å². The van der Waals surface area contributed by atoms with Gasteiger partial charge in [-0.05, 0) is 43.5 Å². The van der Waals surface area contributed by atoms with Gasteiger partial charge in [0.2, 0.25) is 11.9 Å². The minimum absolute atomic E-state index is 0.418. The highest BCUT2D eigenvalue weighted by atomic mass is 15.4. The molecule has 0 amide bonds. The van der Waals surface area contributed by atoms with Crippen LogP contribution in [0.2, 0.25) is 0 Å². The summed E-state index contributed by atoms with van der Waals surface area (Å²) in [5, 5.41) is 10.3. The Morgan fingerprint density at radius 2 is 2.04 bits per heavy atom. The third-order valence-electron chi connectivity index (χ3n) is 4.86. The number of aryl methyl sites for hydroxylation is 2. The first-order chi connectivity index (χ1) is 11.1. The molecule has 3 aromatic rings. The maximum atomic E-state index is 9.46. The van der Waals surface area contributed by atoms with Crippen LogP contribution in [0.25, 0.3) is 21.4 Å². The Morgan fingerprint density at radius 1 is 1.26 bits per heavy atom. The number of nitrogens with zero attached hydrogens (tertiary/aromatic N) is 4. The van der Waals surface area contributed by atoms with Gasteiger partial charge in [0, 0.05) is 0 Å². The molecule has 2 heterocycles. The van der Waals surface area contributed by atoms with E-state index >= 15 is 0 Å². The lowest BCUT2D eigenvalue weighted by Gasteiger charge is -2.08. The summed E-state index contributed by atoms with van der Waals surface area (Å²) >= 11 is 0. The van der Waals surface area contributed by atoms with Gasteiger partial charge in [-0.3, -0.25) is 0 Å². The number of aromatic nitrogens is 2. The molecule has 1 aliphatic heterocycles. The summed E-state index contributed by atoms with van der Waals surface area (Å²) in [4.78, 5) is 3.47. The monoisotopic (exact) mass is 299 g/mol. The van der Waals surface area contributed by atoms with Crippen LogP contribution in [0.3, 0.4) is 0 Å². The smallest absolute Gasteiger partial charge is 0.205 e. The van der Waals surface area contributed by atoms with Crippen molar-refractivity contribution < 1.29 is 4.68 Å². The second-order valence-corrected chi connectivity index (χ2v) is 6.12. The van der Waals surface area contributed by atoms with Gasteiger partial charge in [0.15, 0.2) is 6.54 Å². The first-order valence-corrected chi connectivity index (χ1v) is 7.52. The van der Waals surface area contributed by atoms with Crippen molar-refractivity contribution in [2.75, 3.05) is 0 Å². The Balaban J connectivity index is 2.13. The second-order valence-electron chi connectivity index (χ2n) is 6.12. The van der Waals surface area contributed by atoms with Crippen LogP contribution in [0.5, 0.6) is 0 Å².